The Labute approximate surface area is 172 Å². The molecule has 148 valence electrons. The Morgan fingerprint density at radius 2 is 1.93 bits per heavy atom. The number of aryl methyl sites for hydroxylation is 2. The maximum atomic E-state index is 14.1. The van der Waals surface area contributed by atoms with Crippen LogP contribution in [0.15, 0.2) is 53.9 Å². The Morgan fingerprint density at radius 3 is 2.62 bits per heavy atom. The van der Waals surface area contributed by atoms with Crippen molar-refractivity contribution in [3.8, 4) is 0 Å². The van der Waals surface area contributed by atoms with E-state index < -0.39 is 5.82 Å². The Kier molecular flexibility index (Phi) is 6.19. The van der Waals surface area contributed by atoms with Crippen LogP contribution in [0.3, 0.4) is 0 Å². The highest BCUT2D eigenvalue weighted by Crippen LogP contribution is 2.31. The zero-order valence-corrected chi connectivity index (χ0v) is 17.1. The Morgan fingerprint density at radius 1 is 1.17 bits per heavy atom. The smallest absolute Gasteiger partial charge is 0.248 e. The van der Waals surface area contributed by atoms with Gasteiger partial charge in [0, 0.05) is 24.1 Å². The lowest BCUT2D eigenvalue weighted by atomic mass is 10.1. The summed E-state index contributed by atoms with van der Waals surface area (Å²) in [5.41, 5.74) is 3.48. The highest BCUT2D eigenvalue weighted by molar-refractivity contribution is 7.14. The van der Waals surface area contributed by atoms with Crippen LogP contribution in [-0.2, 0) is 9.59 Å². The van der Waals surface area contributed by atoms with Gasteiger partial charge in [0.25, 0.3) is 0 Å². The first-order valence-electron chi connectivity index (χ1n) is 8.92. The number of carbonyl (C=O) groups excluding carboxylic acids is 2. The summed E-state index contributed by atoms with van der Waals surface area (Å²) >= 11 is 1.19. The van der Waals surface area contributed by atoms with Crippen molar-refractivity contribution in [2.75, 3.05) is 10.2 Å². The second-order valence-corrected chi connectivity index (χ2v) is 7.34. The van der Waals surface area contributed by atoms with Gasteiger partial charge in [-0.3, -0.25) is 14.5 Å². The van der Waals surface area contributed by atoms with Crippen molar-refractivity contribution >= 4 is 45.7 Å². The summed E-state index contributed by atoms with van der Waals surface area (Å²) in [6.45, 7) is 5.27. The van der Waals surface area contributed by atoms with Crippen molar-refractivity contribution in [2.24, 2.45) is 0 Å². The van der Waals surface area contributed by atoms with Crippen LogP contribution in [0, 0.1) is 19.7 Å². The number of para-hydroxylation sites is 1. The predicted octanol–water partition coefficient (Wildman–Crippen LogP) is 5.24. The molecule has 5 nitrogen and oxygen atoms in total. The van der Waals surface area contributed by atoms with E-state index in [4.69, 9.17) is 0 Å². The molecule has 1 aromatic heterocycles. The number of thiazole rings is 1. The molecule has 7 heteroatoms. The number of halogens is 1. The fraction of sp³-hybridized carbons (Fsp3) is 0.136. The van der Waals surface area contributed by atoms with E-state index in [-0.39, 0.29) is 17.5 Å². The SMILES string of the molecule is CC(=O)N(c1nc(/C=C/C(=O)Nc2ccc(C)cc2C)cs1)c1ccccc1F. The van der Waals surface area contributed by atoms with Crippen LogP contribution in [0.25, 0.3) is 6.08 Å². The van der Waals surface area contributed by atoms with Crippen molar-refractivity contribution in [3.63, 3.8) is 0 Å². The minimum absolute atomic E-state index is 0.137. The number of rotatable bonds is 5. The standard InChI is InChI=1S/C22H20FN3O2S/c1-14-8-10-19(15(2)12-14)25-21(28)11-9-17-13-29-22(24-17)26(16(3)27)20-7-5-4-6-18(20)23/h4-13H,1-3H3,(H,25,28)/b11-9+. The molecular weight excluding hydrogens is 389 g/mol. The van der Waals surface area contributed by atoms with E-state index in [0.717, 1.165) is 16.8 Å². The molecule has 2 aromatic carbocycles. The van der Waals surface area contributed by atoms with Crippen LogP contribution in [0.4, 0.5) is 20.9 Å². The number of aromatic nitrogens is 1. The first-order valence-corrected chi connectivity index (χ1v) is 9.80. The number of nitrogens with one attached hydrogen (secondary N) is 1. The lowest BCUT2D eigenvalue weighted by molar-refractivity contribution is -0.116. The van der Waals surface area contributed by atoms with Gasteiger partial charge in [-0.05, 0) is 43.7 Å². The molecule has 0 radical (unpaired) electrons. The topological polar surface area (TPSA) is 62.3 Å². The Bertz CT molecular complexity index is 1090. The molecule has 0 fully saturated rings. The predicted molar refractivity (Wildman–Crippen MR) is 115 cm³/mol. The molecule has 1 N–H and O–H groups in total. The molecule has 0 atom stereocenters. The molecule has 0 aliphatic carbocycles. The molecule has 29 heavy (non-hydrogen) atoms. The fourth-order valence-electron chi connectivity index (χ4n) is 2.79. The molecule has 0 saturated heterocycles. The van der Waals surface area contributed by atoms with Gasteiger partial charge >= 0.3 is 0 Å². The van der Waals surface area contributed by atoms with E-state index in [0.29, 0.717) is 10.8 Å². The molecule has 0 aliphatic heterocycles. The first kappa shape index (κ1) is 20.4. The molecule has 0 saturated carbocycles. The van der Waals surface area contributed by atoms with E-state index in [1.807, 2.05) is 32.0 Å². The third-order valence-electron chi connectivity index (χ3n) is 4.15. The van der Waals surface area contributed by atoms with Crippen LogP contribution in [0.1, 0.15) is 23.7 Å². The Hall–Kier alpha value is -3.32. The minimum Gasteiger partial charge on any atom is -0.322 e. The molecule has 0 spiro atoms. The largest absolute Gasteiger partial charge is 0.322 e. The normalized spacial score (nSPS) is 10.9. The number of carbonyl (C=O) groups is 2. The van der Waals surface area contributed by atoms with Gasteiger partial charge in [-0.15, -0.1) is 11.3 Å². The summed E-state index contributed by atoms with van der Waals surface area (Å²) in [6, 6.07) is 11.8. The summed E-state index contributed by atoms with van der Waals surface area (Å²) < 4.78 is 14.1. The molecule has 3 rings (SSSR count). The average Bonchev–Trinajstić information content (AvgIpc) is 3.12. The zero-order valence-electron chi connectivity index (χ0n) is 16.3. The van der Waals surface area contributed by atoms with E-state index in [2.05, 4.69) is 10.3 Å². The van der Waals surface area contributed by atoms with Gasteiger partial charge in [0.2, 0.25) is 11.8 Å². The molecule has 1 heterocycles. The average molecular weight is 409 g/mol. The van der Waals surface area contributed by atoms with Crippen LogP contribution in [0.2, 0.25) is 0 Å². The summed E-state index contributed by atoms with van der Waals surface area (Å²) in [6.07, 6.45) is 2.93. The molecule has 2 amide bonds. The monoisotopic (exact) mass is 409 g/mol. The number of benzene rings is 2. The van der Waals surface area contributed by atoms with Crippen LogP contribution >= 0.6 is 11.3 Å². The van der Waals surface area contributed by atoms with Gasteiger partial charge in [0.15, 0.2) is 5.13 Å². The van der Waals surface area contributed by atoms with Crippen molar-refractivity contribution in [1.82, 2.24) is 4.98 Å². The molecule has 3 aromatic rings. The van der Waals surface area contributed by atoms with Crippen LogP contribution in [0.5, 0.6) is 0 Å². The van der Waals surface area contributed by atoms with Crippen LogP contribution in [-0.4, -0.2) is 16.8 Å². The fourth-order valence-corrected chi connectivity index (χ4v) is 3.63. The maximum absolute atomic E-state index is 14.1. The third kappa shape index (κ3) is 4.94. The highest BCUT2D eigenvalue weighted by Gasteiger charge is 2.20. The number of anilines is 3. The third-order valence-corrected chi connectivity index (χ3v) is 5.00. The van der Waals surface area contributed by atoms with E-state index in [9.17, 15) is 14.0 Å². The van der Waals surface area contributed by atoms with E-state index in [1.165, 1.54) is 41.4 Å². The van der Waals surface area contributed by atoms with Crippen molar-refractivity contribution < 1.29 is 14.0 Å². The van der Waals surface area contributed by atoms with Gasteiger partial charge in [-0.2, -0.15) is 0 Å². The second-order valence-electron chi connectivity index (χ2n) is 6.50. The second kappa shape index (κ2) is 8.79. The van der Waals surface area contributed by atoms with E-state index in [1.54, 1.807) is 23.6 Å². The van der Waals surface area contributed by atoms with Crippen molar-refractivity contribution in [2.45, 2.75) is 20.8 Å². The Balaban J connectivity index is 1.76. The molecule has 0 unspecified atom stereocenters. The summed E-state index contributed by atoms with van der Waals surface area (Å²) in [7, 11) is 0. The number of hydrogen-bond acceptors (Lipinski definition) is 4. The number of nitrogens with zero attached hydrogens (tertiary/aromatic N) is 2. The minimum atomic E-state index is -0.511. The zero-order chi connectivity index (χ0) is 21.0. The summed E-state index contributed by atoms with van der Waals surface area (Å²) in [4.78, 5) is 29.8. The molecule has 0 aliphatic rings. The molecule has 0 bridgehead atoms. The molecular formula is C22H20FN3O2S. The number of hydrogen-bond donors (Lipinski definition) is 1. The lowest BCUT2D eigenvalue weighted by Gasteiger charge is -2.18. The number of amides is 2. The van der Waals surface area contributed by atoms with Crippen molar-refractivity contribution in [3.05, 3.63) is 76.6 Å². The van der Waals surface area contributed by atoms with Gasteiger partial charge in [-0.25, -0.2) is 9.37 Å². The van der Waals surface area contributed by atoms with Gasteiger partial charge in [0.1, 0.15) is 5.82 Å². The summed E-state index contributed by atoms with van der Waals surface area (Å²) in [5, 5.41) is 4.86. The van der Waals surface area contributed by atoms with Gasteiger partial charge in [-0.1, -0.05) is 29.8 Å². The summed E-state index contributed by atoms with van der Waals surface area (Å²) in [5.74, 6) is -1.15. The first-order chi connectivity index (χ1) is 13.8. The van der Waals surface area contributed by atoms with E-state index >= 15 is 0 Å². The van der Waals surface area contributed by atoms with Gasteiger partial charge < -0.3 is 5.32 Å². The van der Waals surface area contributed by atoms with Crippen LogP contribution < -0.4 is 10.2 Å². The highest BCUT2D eigenvalue weighted by atomic mass is 32.1. The van der Waals surface area contributed by atoms with Gasteiger partial charge in [0.05, 0.1) is 11.4 Å². The quantitative estimate of drug-likeness (QED) is 0.587. The van der Waals surface area contributed by atoms with Crippen molar-refractivity contribution in [1.29, 1.82) is 0 Å². The maximum Gasteiger partial charge on any atom is 0.248 e. The lowest BCUT2D eigenvalue weighted by Crippen LogP contribution is -2.23.